The van der Waals surface area contributed by atoms with Crippen LogP contribution >= 0.6 is 0 Å². The van der Waals surface area contributed by atoms with Crippen LogP contribution in [0.4, 0.5) is 11.4 Å². The van der Waals surface area contributed by atoms with Crippen LogP contribution in [0.2, 0.25) is 0 Å². The lowest BCUT2D eigenvalue weighted by Crippen LogP contribution is -2.30. The highest BCUT2D eigenvalue weighted by molar-refractivity contribution is 5.97. The molecular weight excluding hydrogens is 392 g/mol. The number of likely N-dealkylation sites (tertiary alicyclic amines) is 1. The highest BCUT2D eigenvalue weighted by atomic mass is 16.2. The van der Waals surface area contributed by atoms with Gasteiger partial charge in [0.25, 0.3) is 11.8 Å². The van der Waals surface area contributed by atoms with Gasteiger partial charge in [-0.2, -0.15) is 0 Å². The molecule has 1 saturated heterocycles. The monoisotopic (exact) mass is 422 g/mol. The van der Waals surface area contributed by atoms with Crippen molar-refractivity contribution in [2.75, 3.05) is 43.4 Å². The first-order valence-electron chi connectivity index (χ1n) is 10.8. The second kappa shape index (κ2) is 10.6. The van der Waals surface area contributed by atoms with Gasteiger partial charge in [-0.1, -0.05) is 0 Å². The van der Waals surface area contributed by atoms with Crippen molar-refractivity contribution in [1.29, 1.82) is 0 Å². The Morgan fingerprint density at radius 2 is 1.39 bits per heavy atom. The van der Waals surface area contributed by atoms with E-state index in [1.165, 1.54) is 0 Å². The number of benzene rings is 2. The Labute approximate surface area is 183 Å². The van der Waals surface area contributed by atoms with E-state index in [-0.39, 0.29) is 24.3 Å². The molecule has 2 aromatic carbocycles. The summed E-state index contributed by atoms with van der Waals surface area (Å²) in [6, 6.07) is 14.1. The van der Waals surface area contributed by atoms with Crippen molar-refractivity contribution in [3.05, 3.63) is 59.7 Å². The number of nitrogens with one attached hydrogen (secondary N) is 2. The zero-order valence-corrected chi connectivity index (χ0v) is 18.2. The van der Waals surface area contributed by atoms with Crippen LogP contribution in [-0.4, -0.2) is 60.2 Å². The molecule has 1 fully saturated rings. The molecule has 0 spiro atoms. The van der Waals surface area contributed by atoms with E-state index < -0.39 is 0 Å². The van der Waals surface area contributed by atoms with Gasteiger partial charge in [-0.3, -0.25) is 14.4 Å². The molecule has 2 N–H and O–H groups in total. The number of amides is 3. The Bertz CT molecular complexity index is 899. The Balaban J connectivity index is 1.48. The normalized spacial score (nSPS) is 13.0. The Morgan fingerprint density at radius 1 is 0.839 bits per heavy atom. The average Bonchev–Trinajstić information content (AvgIpc) is 3.34. The lowest BCUT2D eigenvalue weighted by molar-refractivity contribution is -0.114. The van der Waals surface area contributed by atoms with Gasteiger partial charge in [0.05, 0.1) is 6.54 Å². The van der Waals surface area contributed by atoms with Gasteiger partial charge >= 0.3 is 0 Å². The smallest absolute Gasteiger partial charge is 0.253 e. The molecule has 0 saturated carbocycles. The summed E-state index contributed by atoms with van der Waals surface area (Å²) in [6.07, 6.45) is 2.11. The molecule has 3 amide bonds. The molecule has 0 aliphatic carbocycles. The van der Waals surface area contributed by atoms with Crippen LogP contribution in [-0.2, 0) is 4.79 Å². The zero-order valence-electron chi connectivity index (χ0n) is 18.2. The summed E-state index contributed by atoms with van der Waals surface area (Å²) in [4.78, 5) is 40.6. The molecule has 7 nitrogen and oxygen atoms in total. The summed E-state index contributed by atoms with van der Waals surface area (Å²) in [5, 5.41) is 5.88. The first kappa shape index (κ1) is 22.3. The molecule has 1 aliphatic rings. The van der Waals surface area contributed by atoms with Gasteiger partial charge in [0.15, 0.2) is 0 Å². The highest BCUT2D eigenvalue weighted by Gasteiger charge is 2.19. The molecule has 0 atom stereocenters. The van der Waals surface area contributed by atoms with E-state index in [9.17, 15) is 14.4 Å². The number of carbonyl (C=O) groups is 3. The van der Waals surface area contributed by atoms with Crippen LogP contribution in [0.25, 0.3) is 0 Å². The summed E-state index contributed by atoms with van der Waals surface area (Å²) in [5.74, 6) is -0.150. The van der Waals surface area contributed by atoms with E-state index in [1.54, 1.807) is 53.4 Å². The van der Waals surface area contributed by atoms with Gasteiger partial charge < -0.3 is 20.4 Å². The van der Waals surface area contributed by atoms with Gasteiger partial charge in [-0.25, -0.2) is 0 Å². The molecule has 0 aromatic heterocycles. The fourth-order valence-electron chi connectivity index (χ4n) is 3.61. The van der Waals surface area contributed by atoms with Crippen molar-refractivity contribution in [2.45, 2.75) is 26.7 Å². The average molecular weight is 423 g/mol. The fraction of sp³-hybridized carbons (Fsp3) is 0.375. The van der Waals surface area contributed by atoms with Gasteiger partial charge in [-0.15, -0.1) is 0 Å². The number of rotatable bonds is 8. The van der Waals surface area contributed by atoms with Crippen molar-refractivity contribution in [3.63, 3.8) is 0 Å². The minimum atomic E-state index is -0.193. The van der Waals surface area contributed by atoms with E-state index in [0.717, 1.165) is 31.6 Å². The van der Waals surface area contributed by atoms with E-state index in [0.29, 0.717) is 29.9 Å². The molecule has 2 aromatic rings. The molecule has 164 valence electrons. The lowest BCUT2D eigenvalue weighted by atomic mass is 10.1. The first-order valence-corrected chi connectivity index (χ1v) is 10.8. The Kier molecular flexibility index (Phi) is 7.65. The molecule has 7 heteroatoms. The number of nitrogens with zero attached hydrogens (tertiary/aromatic N) is 2. The molecule has 1 aliphatic heterocycles. The Morgan fingerprint density at radius 3 is 1.97 bits per heavy atom. The second-order valence-corrected chi connectivity index (χ2v) is 7.53. The maximum absolute atomic E-state index is 12.4. The third kappa shape index (κ3) is 5.84. The number of hydrogen-bond acceptors (Lipinski definition) is 4. The standard InChI is InChI=1S/C24H30N4O3/c1-3-27(4-2)23(30)18-7-11-20(12-8-18)25-17-22(29)26-21-13-9-19(10-14-21)24(31)28-15-5-6-16-28/h7-14,25H,3-6,15-17H2,1-2H3,(H,26,29). The number of carbonyl (C=O) groups excluding carboxylic acids is 3. The van der Waals surface area contributed by atoms with E-state index in [1.807, 2.05) is 18.7 Å². The predicted octanol–water partition coefficient (Wildman–Crippen LogP) is 3.46. The van der Waals surface area contributed by atoms with Crippen molar-refractivity contribution in [1.82, 2.24) is 9.80 Å². The summed E-state index contributed by atoms with van der Waals surface area (Å²) >= 11 is 0. The minimum Gasteiger partial charge on any atom is -0.376 e. The molecule has 0 unspecified atom stereocenters. The van der Waals surface area contributed by atoms with E-state index >= 15 is 0 Å². The third-order valence-electron chi connectivity index (χ3n) is 5.44. The highest BCUT2D eigenvalue weighted by Crippen LogP contribution is 2.16. The van der Waals surface area contributed by atoms with Gasteiger partial charge in [-0.05, 0) is 75.2 Å². The van der Waals surface area contributed by atoms with Crippen molar-refractivity contribution in [2.24, 2.45) is 0 Å². The van der Waals surface area contributed by atoms with Gasteiger partial charge in [0.1, 0.15) is 0 Å². The van der Waals surface area contributed by atoms with Crippen LogP contribution in [0.3, 0.4) is 0 Å². The minimum absolute atomic E-state index is 0.000882. The predicted molar refractivity (Wildman–Crippen MR) is 122 cm³/mol. The van der Waals surface area contributed by atoms with E-state index in [2.05, 4.69) is 10.6 Å². The van der Waals surface area contributed by atoms with E-state index in [4.69, 9.17) is 0 Å². The van der Waals surface area contributed by atoms with Gasteiger partial charge in [0, 0.05) is 48.7 Å². The van der Waals surface area contributed by atoms with Crippen LogP contribution < -0.4 is 10.6 Å². The van der Waals surface area contributed by atoms with Crippen LogP contribution in [0.5, 0.6) is 0 Å². The molecule has 3 rings (SSSR count). The number of hydrogen-bond donors (Lipinski definition) is 2. The quantitative estimate of drug-likeness (QED) is 0.683. The maximum Gasteiger partial charge on any atom is 0.253 e. The molecule has 31 heavy (non-hydrogen) atoms. The van der Waals surface area contributed by atoms with Crippen molar-refractivity contribution >= 4 is 29.1 Å². The largest absolute Gasteiger partial charge is 0.376 e. The molecular formula is C24H30N4O3. The summed E-state index contributed by atoms with van der Waals surface area (Å²) in [5.41, 5.74) is 2.67. The zero-order chi connectivity index (χ0) is 22.2. The molecule has 0 radical (unpaired) electrons. The summed E-state index contributed by atoms with van der Waals surface area (Å²) < 4.78 is 0. The second-order valence-electron chi connectivity index (χ2n) is 7.53. The lowest BCUT2D eigenvalue weighted by Gasteiger charge is -2.18. The topological polar surface area (TPSA) is 81.8 Å². The summed E-state index contributed by atoms with van der Waals surface area (Å²) in [7, 11) is 0. The van der Waals surface area contributed by atoms with Gasteiger partial charge in [0.2, 0.25) is 5.91 Å². The number of anilines is 2. The molecule has 0 bridgehead atoms. The summed E-state index contributed by atoms with van der Waals surface area (Å²) in [6.45, 7) is 6.97. The van der Waals surface area contributed by atoms with Crippen LogP contribution in [0, 0.1) is 0 Å². The SMILES string of the molecule is CCN(CC)C(=O)c1ccc(NCC(=O)Nc2ccc(C(=O)N3CCCC3)cc2)cc1. The fourth-order valence-corrected chi connectivity index (χ4v) is 3.61. The maximum atomic E-state index is 12.4. The van der Waals surface area contributed by atoms with Crippen LogP contribution in [0.15, 0.2) is 48.5 Å². The Hall–Kier alpha value is -3.35. The van der Waals surface area contributed by atoms with Crippen LogP contribution in [0.1, 0.15) is 47.4 Å². The third-order valence-corrected chi connectivity index (χ3v) is 5.44. The van der Waals surface area contributed by atoms with Crippen molar-refractivity contribution < 1.29 is 14.4 Å². The molecule has 1 heterocycles. The first-order chi connectivity index (χ1) is 15.0. The van der Waals surface area contributed by atoms with Crippen molar-refractivity contribution in [3.8, 4) is 0 Å².